The van der Waals surface area contributed by atoms with Crippen LogP contribution < -0.4 is 0 Å². The minimum atomic E-state index is -0.993. The van der Waals surface area contributed by atoms with E-state index in [-0.39, 0.29) is 17.7 Å². The molecule has 0 bridgehead atoms. The molecule has 0 radical (unpaired) electrons. The molecule has 1 aromatic carbocycles. The third-order valence-corrected chi connectivity index (χ3v) is 2.81. The highest BCUT2D eigenvalue weighted by Gasteiger charge is 2.14. The number of carbonyl (C=O) groups is 2. The van der Waals surface area contributed by atoms with Crippen LogP contribution >= 0.6 is 0 Å². The Bertz CT molecular complexity index is 723. The number of rotatable bonds is 5. The van der Waals surface area contributed by atoms with Gasteiger partial charge in [0.05, 0.1) is 12.8 Å². The minimum Gasteiger partial charge on any atom is -0.502 e. The van der Waals surface area contributed by atoms with Crippen LogP contribution in [-0.4, -0.2) is 33.7 Å². The second-order valence-corrected chi connectivity index (χ2v) is 4.30. The first-order valence-corrected chi connectivity index (χ1v) is 6.43. The van der Waals surface area contributed by atoms with Crippen LogP contribution in [0.4, 0.5) is 4.39 Å². The van der Waals surface area contributed by atoms with E-state index in [9.17, 15) is 19.1 Å². The summed E-state index contributed by atoms with van der Waals surface area (Å²) < 4.78 is 18.4. The zero-order valence-electron chi connectivity index (χ0n) is 11.7. The van der Waals surface area contributed by atoms with E-state index in [4.69, 9.17) is 0 Å². The van der Waals surface area contributed by atoms with E-state index in [2.05, 4.69) is 14.9 Å². The Morgan fingerprint density at radius 2 is 2.23 bits per heavy atom. The van der Waals surface area contributed by atoms with Crippen molar-refractivity contribution in [3.63, 3.8) is 0 Å². The average molecular weight is 304 g/mol. The van der Waals surface area contributed by atoms with Gasteiger partial charge in [0.25, 0.3) is 0 Å². The molecule has 0 aliphatic carbocycles. The van der Waals surface area contributed by atoms with E-state index in [0.717, 1.165) is 12.1 Å². The lowest BCUT2D eigenvalue weighted by molar-refractivity contribution is -0.141. The van der Waals surface area contributed by atoms with E-state index in [1.165, 1.54) is 24.5 Å². The molecule has 0 atom stereocenters. The summed E-state index contributed by atoms with van der Waals surface area (Å²) in [5, 5.41) is 15.7. The Balaban J connectivity index is 2.30. The molecule has 114 valence electrons. The minimum absolute atomic E-state index is 0.0755. The van der Waals surface area contributed by atoms with E-state index >= 15 is 0 Å². The molecule has 1 aromatic heterocycles. The summed E-state index contributed by atoms with van der Waals surface area (Å²) in [4.78, 5) is 23.3. The summed E-state index contributed by atoms with van der Waals surface area (Å²) in [7, 11) is 0. The molecule has 0 saturated carbocycles. The molecule has 0 aliphatic heterocycles. The zero-order valence-corrected chi connectivity index (χ0v) is 11.7. The third kappa shape index (κ3) is 3.38. The predicted octanol–water partition coefficient (Wildman–Crippen LogP) is 2.40. The van der Waals surface area contributed by atoms with Crippen LogP contribution in [0.5, 0.6) is 0 Å². The second-order valence-electron chi connectivity index (χ2n) is 4.30. The highest BCUT2D eigenvalue weighted by atomic mass is 19.1. The standard InChI is InChI=1S/C15H13FN2O4/c1-2-22-15(21)14(20)6-13(19)9-3-4-12(16)11(5-9)10-7-17-18-8-10/h3-8,20H,2H2,1H3,(H,17,18)/b14-6-. The first kappa shape index (κ1) is 15.4. The SMILES string of the molecule is CCOC(=O)/C(O)=C/C(=O)c1ccc(F)c(-c2cn[nH]c2)c1. The smallest absolute Gasteiger partial charge is 0.373 e. The van der Waals surface area contributed by atoms with Crippen molar-refractivity contribution in [1.82, 2.24) is 10.2 Å². The number of ketones is 1. The number of ether oxygens (including phenoxy) is 1. The van der Waals surface area contributed by atoms with Crippen molar-refractivity contribution in [2.75, 3.05) is 6.61 Å². The maximum Gasteiger partial charge on any atom is 0.373 e. The molecule has 0 saturated heterocycles. The van der Waals surface area contributed by atoms with E-state index in [1.54, 1.807) is 6.92 Å². The Morgan fingerprint density at radius 3 is 2.86 bits per heavy atom. The summed E-state index contributed by atoms with van der Waals surface area (Å²) >= 11 is 0. The van der Waals surface area contributed by atoms with Gasteiger partial charge in [-0.05, 0) is 25.1 Å². The van der Waals surface area contributed by atoms with Gasteiger partial charge in [-0.1, -0.05) is 0 Å². The Morgan fingerprint density at radius 1 is 1.45 bits per heavy atom. The van der Waals surface area contributed by atoms with Crippen LogP contribution in [0.15, 0.2) is 42.4 Å². The van der Waals surface area contributed by atoms with E-state index < -0.39 is 23.3 Å². The maximum atomic E-state index is 13.8. The first-order chi connectivity index (χ1) is 10.5. The van der Waals surface area contributed by atoms with E-state index in [0.29, 0.717) is 5.56 Å². The van der Waals surface area contributed by atoms with Crippen molar-refractivity contribution in [3.8, 4) is 11.1 Å². The fourth-order valence-corrected chi connectivity index (χ4v) is 1.77. The number of hydrogen-bond acceptors (Lipinski definition) is 5. The summed E-state index contributed by atoms with van der Waals surface area (Å²) in [6.45, 7) is 1.65. The molecule has 0 unspecified atom stereocenters. The van der Waals surface area contributed by atoms with Crippen LogP contribution in [0.3, 0.4) is 0 Å². The van der Waals surface area contributed by atoms with Crippen molar-refractivity contribution in [1.29, 1.82) is 0 Å². The Labute approximate surface area is 125 Å². The van der Waals surface area contributed by atoms with Crippen LogP contribution in [-0.2, 0) is 9.53 Å². The molecule has 7 heteroatoms. The number of allylic oxidation sites excluding steroid dienone is 1. The lowest BCUT2D eigenvalue weighted by atomic mass is 10.0. The fourth-order valence-electron chi connectivity index (χ4n) is 1.77. The van der Waals surface area contributed by atoms with Crippen LogP contribution in [0.1, 0.15) is 17.3 Å². The van der Waals surface area contributed by atoms with Gasteiger partial charge >= 0.3 is 5.97 Å². The number of hydrogen-bond donors (Lipinski definition) is 2. The van der Waals surface area contributed by atoms with Gasteiger partial charge in [-0.3, -0.25) is 9.89 Å². The van der Waals surface area contributed by atoms with Gasteiger partial charge in [0.2, 0.25) is 5.76 Å². The summed E-state index contributed by atoms with van der Waals surface area (Å²) in [5.41, 5.74) is 0.780. The molecule has 22 heavy (non-hydrogen) atoms. The number of aromatic nitrogens is 2. The number of aliphatic hydroxyl groups excluding tert-OH is 1. The lowest BCUT2D eigenvalue weighted by Crippen LogP contribution is -2.09. The van der Waals surface area contributed by atoms with Crippen LogP contribution in [0, 0.1) is 5.82 Å². The van der Waals surface area contributed by atoms with Crippen molar-refractivity contribution < 1.29 is 23.8 Å². The number of nitrogens with one attached hydrogen (secondary N) is 1. The normalized spacial score (nSPS) is 11.3. The third-order valence-electron chi connectivity index (χ3n) is 2.81. The number of esters is 1. The van der Waals surface area contributed by atoms with Gasteiger partial charge < -0.3 is 9.84 Å². The highest BCUT2D eigenvalue weighted by Crippen LogP contribution is 2.23. The average Bonchev–Trinajstić information content (AvgIpc) is 3.01. The van der Waals surface area contributed by atoms with Gasteiger partial charge in [-0.25, -0.2) is 9.18 Å². The number of nitrogens with zero attached hydrogens (tertiary/aromatic N) is 1. The molecule has 0 amide bonds. The molecule has 6 nitrogen and oxygen atoms in total. The summed E-state index contributed by atoms with van der Waals surface area (Å²) in [6.07, 6.45) is 3.64. The zero-order chi connectivity index (χ0) is 16.1. The van der Waals surface area contributed by atoms with Gasteiger partial charge in [0.15, 0.2) is 5.78 Å². The highest BCUT2D eigenvalue weighted by molar-refractivity contribution is 6.08. The van der Waals surface area contributed by atoms with Crippen LogP contribution in [0.25, 0.3) is 11.1 Å². The molecule has 2 aromatic rings. The van der Waals surface area contributed by atoms with E-state index in [1.807, 2.05) is 0 Å². The quantitative estimate of drug-likeness (QED) is 0.383. The first-order valence-electron chi connectivity index (χ1n) is 6.43. The summed E-state index contributed by atoms with van der Waals surface area (Å²) in [5.74, 6) is -2.96. The second kappa shape index (κ2) is 6.66. The largest absolute Gasteiger partial charge is 0.502 e. The summed E-state index contributed by atoms with van der Waals surface area (Å²) in [6, 6.07) is 3.71. The number of H-pyrrole nitrogens is 1. The molecule has 0 fully saturated rings. The Kier molecular flexibility index (Phi) is 4.67. The number of benzene rings is 1. The van der Waals surface area contributed by atoms with Gasteiger partial charge in [0.1, 0.15) is 5.82 Å². The number of aromatic amines is 1. The molecule has 1 heterocycles. The monoisotopic (exact) mass is 304 g/mol. The molecule has 2 N–H and O–H groups in total. The molecular weight excluding hydrogens is 291 g/mol. The number of aliphatic hydroxyl groups is 1. The van der Waals surface area contributed by atoms with Crippen molar-refractivity contribution in [2.45, 2.75) is 6.92 Å². The van der Waals surface area contributed by atoms with Crippen molar-refractivity contribution >= 4 is 11.8 Å². The topological polar surface area (TPSA) is 92.3 Å². The number of carbonyl (C=O) groups excluding carboxylic acids is 2. The van der Waals surface area contributed by atoms with Crippen LogP contribution in [0.2, 0.25) is 0 Å². The molecule has 2 rings (SSSR count). The Hall–Kier alpha value is -2.96. The van der Waals surface area contributed by atoms with Crippen molar-refractivity contribution in [3.05, 3.63) is 53.8 Å². The molecule has 0 spiro atoms. The molecule has 0 aliphatic rings. The fraction of sp³-hybridized carbons (Fsp3) is 0.133. The maximum absolute atomic E-state index is 13.8. The lowest BCUT2D eigenvalue weighted by Gasteiger charge is -2.04. The van der Waals surface area contributed by atoms with Gasteiger partial charge in [0, 0.05) is 29.0 Å². The molecular formula is C15H13FN2O4. The van der Waals surface area contributed by atoms with Crippen molar-refractivity contribution in [2.24, 2.45) is 0 Å². The van der Waals surface area contributed by atoms with Gasteiger partial charge in [-0.2, -0.15) is 5.10 Å². The van der Waals surface area contributed by atoms with Gasteiger partial charge in [-0.15, -0.1) is 0 Å². The number of halogens is 1. The predicted molar refractivity (Wildman–Crippen MR) is 75.7 cm³/mol.